The van der Waals surface area contributed by atoms with Crippen LogP contribution in [0.1, 0.15) is 19.3 Å². The Bertz CT molecular complexity index is 432. The molecule has 1 fully saturated rings. The first kappa shape index (κ1) is 16.3. The molecule has 3 atom stereocenters. The topological polar surface area (TPSA) is 0 Å². The van der Waals surface area contributed by atoms with Crippen LogP contribution in [0, 0.1) is 11.8 Å². The van der Waals surface area contributed by atoms with Gasteiger partial charge >= 0.3 is 106 Å². The molecule has 3 unspecified atom stereocenters. The maximum atomic E-state index is 4.62. The Kier molecular flexibility index (Phi) is 6.52. The molecule has 0 spiro atoms. The Labute approximate surface area is 130 Å². The second-order valence-electron chi connectivity index (χ2n) is 5.04. The number of halogens is 2. The van der Waals surface area contributed by atoms with Gasteiger partial charge < -0.3 is 24.8 Å². The Morgan fingerprint density at radius 1 is 1.06 bits per heavy atom. The van der Waals surface area contributed by atoms with Gasteiger partial charge in [-0.1, -0.05) is 0 Å². The van der Waals surface area contributed by atoms with Crippen molar-refractivity contribution in [3.8, 4) is 0 Å². The van der Waals surface area contributed by atoms with Crippen molar-refractivity contribution in [3.05, 3.63) is 45.8 Å². The van der Waals surface area contributed by atoms with Gasteiger partial charge in [0.2, 0.25) is 0 Å². The van der Waals surface area contributed by atoms with Crippen LogP contribution in [0.2, 0.25) is 3.63 Å². The monoisotopic (exact) mass is 358 g/mol. The van der Waals surface area contributed by atoms with Gasteiger partial charge in [0.25, 0.3) is 0 Å². The maximum Gasteiger partial charge on any atom is -1.00 e. The van der Waals surface area contributed by atoms with Crippen LogP contribution >= 0.6 is 0 Å². The average molecular weight is 360 g/mol. The largest absolute Gasteiger partial charge is 1.00 e. The number of hydrogen-bond acceptors (Lipinski definition) is 0. The van der Waals surface area contributed by atoms with Gasteiger partial charge in [-0.2, -0.15) is 0 Å². The maximum absolute atomic E-state index is 4.62. The van der Waals surface area contributed by atoms with Crippen molar-refractivity contribution < 1.29 is 46.1 Å². The van der Waals surface area contributed by atoms with E-state index in [0.29, 0.717) is 0 Å². The van der Waals surface area contributed by atoms with Crippen molar-refractivity contribution in [1.82, 2.24) is 0 Å². The minimum atomic E-state index is -1.54. The van der Waals surface area contributed by atoms with E-state index in [2.05, 4.69) is 46.7 Å². The van der Waals surface area contributed by atoms with E-state index in [1.54, 1.807) is 3.28 Å². The molecule has 0 aliphatic heterocycles. The van der Waals surface area contributed by atoms with Crippen molar-refractivity contribution >= 4 is 4.21 Å². The van der Waals surface area contributed by atoms with Crippen molar-refractivity contribution in [2.75, 3.05) is 0 Å². The molecule has 0 bridgehead atoms. The molecule has 0 aromatic carbocycles. The molecule has 0 N–H and O–H groups in total. The minimum absolute atomic E-state index is 0. The van der Waals surface area contributed by atoms with E-state index >= 15 is 0 Å². The number of hydrogen-bond donors (Lipinski definition) is 0. The fourth-order valence-corrected chi connectivity index (χ4v) is 9.44. The van der Waals surface area contributed by atoms with Crippen LogP contribution in [0.4, 0.5) is 0 Å². The predicted octanol–water partition coefficient (Wildman–Crippen LogP) is -2.17. The molecule has 1 saturated carbocycles. The first-order valence-corrected chi connectivity index (χ1v) is 10.6. The SMILES string of the molecule is [CH2]=[Zr+2]([C]1=CC=CC1)[CH]1CCC2C=CC=CC21.[Cl-].[Cl-]. The molecular formula is C15H18Cl2Zr. The fourth-order valence-electron chi connectivity index (χ4n) is 3.29. The summed E-state index contributed by atoms with van der Waals surface area (Å²) in [6.45, 7) is 0. The molecule has 3 aliphatic rings. The van der Waals surface area contributed by atoms with Gasteiger partial charge in [0.15, 0.2) is 0 Å². The molecule has 0 nitrogen and oxygen atoms in total. The summed E-state index contributed by atoms with van der Waals surface area (Å²) in [4.78, 5) is 0. The summed E-state index contributed by atoms with van der Waals surface area (Å²) in [5.41, 5.74) is 0. The van der Waals surface area contributed by atoms with Crippen LogP contribution in [-0.4, -0.2) is 4.21 Å². The van der Waals surface area contributed by atoms with Gasteiger partial charge in [-0.25, -0.2) is 0 Å². The van der Waals surface area contributed by atoms with Gasteiger partial charge in [0.05, 0.1) is 0 Å². The third kappa shape index (κ3) is 3.06. The van der Waals surface area contributed by atoms with E-state index < -0.39 is 21.3 Å². The second-order valence-corrected chi connectivity index (χ2v) is 11.0. The molecular weight excluding hydrogens is 342 g/mol. The van der Waals surface area contributed by atoms with E-state index in [1.807, 2.05) is 0 Å². The Balaban J connectivity index is 0.000000810. The number of rotatable bonds is 2. The summed E-state index contributed by atoms with van der Waals surface area (Å²) < 4.78 is 7.31. The van der Waals surface area contributed by atoms with Crippen LogP contribution in [0.15, 0.2) is 45.8 Å². The first-order valence-electron chi connectivity index (χ1n) is 6.26. The third-order valence-electron chi connectivity index (χ3n) is 4.20. The van der Waals surface area contributed by atoms with Crippen LogP contribution in [0.3, 0.4) is 0 Å². The molecule has 3 aliphatic carbocycles. The zero-order chi connectivity index (χ0) is 11.0. The molecule has 0 radical (unpaired) electrons. The fraction of sp³-hybridized carbons (Fsp3) is 0.400. The Morgan fingerprint density at radius 2 is 1.83 bits per heavy atom. The van der Waals surface area contributed by atoms with E-state index in [0.717, 1.165) is 15.5 Å². The molecule has 0 amide bonds. The summed E-state index contributed by atoms with van der Waals surface area (Å²) in [6, 6.07) is 0. The van der Waals surface area contributed by atoms with E-state index in [-0.39, 0.29) is 24.8 Å². The summed E-state index contributed by atoms with van der Waals surface area (Å²) in [7, 11) is 0. The minimum Gasteiger partial charge on any atom is -1.00 e. The van der Waals surface area contributed by atoms with E-state index in [1.165, 1.54) is 19.3 Å². The van der Waals surface area contributed by atoms with Gasteiger partial charge in [0.1, 0.15) is 0 Å². The van der Waals surface area contributed by atoms with E-state index in [4.69, 9.17) is 0 Å². The van der Waals surface area contributed by atoms with Gasteiger partial charge in [0, 0.05) is 0 Å². The van der Waals surface area contributed by atoms with Crippen molar-refractivity contribution in [2.45, 2.75) is 22.9 Å². The van der Waals surface area contributed by atoms with Crippen molar-refractivity contribution in [2.24, 2.45) is 11.8 Å². The molecule has 0 saturated heterocycles. The summed E-state index contributed by atoms with van der Waals surface area (Å²) >= 11 is -1.54. The van der Waals surface area contributed by atoms with Gasteiger partial charge in [-0.3, -0.25) is 0 Å². The van der Waals surface area contributed by atoms with E-state index in [9.17, 15) is 0 Å². The molecule has 18 heavy (non-hydrogen) atoms. The van der Waals surface area contributed by atoms with Crippen LogP contribution in [0.25, 0.3) is 0 Å². The molecule has 0 aromatic rings. The summed E-state index contributed by atoms with van der Waals surface area (Å²) in [6.07, 6.45) is 20.3. The van der Waals surface area contributed by atoms with Crippen LogP contribution < -0.4 is 24.8 Å². The molecule has 3 heteroatoms. The zero-order valence-electron chi connectivity index (χ0n) is 10.4. The quantitative estimate of drug-likeness (QED) is 0.526. The Morgan fingerprint density at radius 3 is 2.56 bits per heavy atom. The van der Waals surface area contributed by atoms with Gasteiger partial charge in [-0.05, 0) is 0 Å². The van der Waals surface area contributed by atoms with Gasteiger partial charge in [-0.15, -0.1) is 0 Å². The molecule has 0 aromatic heterocycles. The number of fused-ring (bicyclic) bond motifs is 1. The van der Waals surface area contributed by atoms with Crippen LogP contribution in [-0.2, 0) is 21.3 Å². The standard InChI is InChI=1S/C9H11.C5H5.CH2.2ClH.Zr/c1-2-5-9-7-3-6-8(9)4-1;1-2-4-5-3-1;;;;/h1-2,4-6,8-9H,3,7H2;1-3H,4H2;1H2;2*1H;/q;;;;;+2/p-2. The first-order chi connectivity index (χ1) is 7.86. The predicted molar refractivity (Wildman–Crippen MR) is 67.2 cm³/mol. The molecule has 3 rings (SSSR count). The van der Waals surface area contributed by atoms with Crippen molar-refractivity contribution in [1.29, 1.82) is 0 Å². The summed E-state index contributed by atoms with van der Waals surface area (Å²) in [5, 5.41) is 0. The smallest absolute Gasteiger partial charge is 1.00 e. The van der Waals surface area contributed by atoms with Crippen LogP contribution in [0.5, 0.6) is 0 Å². The molecule has 0 heterocycles. The number of allylic oxidation sites excluding steroid dienone is 8. The average Bonchev–Trinajstić information content (AvgIpc) is 2.98. The third-order valence-corrected chi connectivity index (χ3v) is 11.0. The van der Waals surface area contributed by atoms with Crippen molar-refractivity contribution in [3.63, 3.8) is 0 Å². The summed E-state index contributed by atoms with van der Waals surface area (Å²) in [5.74, 6) is 1.67. The Hall–Kier alpha value is 0.293. The zero-order valence-corrected chi connectivity index (χ0v) is 14.3. The normalized spacial score (nSPS) is 30.8. The second kappa shape index (κ2) is 7.18. The molecule has 96 valence electrons.